The van der Waals surface area contributed by atoms with E-state index in [9.17, 15) is 7.85 Å². The molecule has 4 nitrogen and oxygen atoms in total. The van der Waals surface area contributed by atoms with Crippen molar-refractivity contribution in [2.45, 2.75) is 131 Å². The highest BCUT2D eigenvalue weighted by atomic mass is 16.3. The number of aromatic hydroxyl groups is 1. The molecule has 0 atom stereocenters. The normalized spacial score (nSPS) is 15.5. The first kappa shape index (κ1) is 37.7. The van der Waals surface area contributed by atoms with E-state index < -0.39 is 54.4 Å². The molecule has 0 amide bonds. The summed E-state index contributed by atoms with van der Waals surface area (Å²) in [5.41, 5.74) is 5.09. The minimum Gasteiger partial charge on any atom is -0.507 e. The van der Waals surface area contributed by atoms with Crippen molar-refractivity contribution in [3.05, 3.63) is 192 Å². The van der Waals surface area contributed by atoms with Gasteiger partial charge in [0.15, 0.2) is 0 Å². The Bertz CT molecular complexity index is 3880. The summed E-state index contributed by atoms with van der Waals surface area (Å²) in [6.07, 6.45) is 1.52. The minimum absolute atomic E-state index is 0.00144. The third-order valence-corrected chi connectivity index (χ3v) is 13.7. The lowest BCUT2D eigenvalue weighted by molar-refractivity contribution is 0.446. The molecule has 0 aliphatic rings. The van der Waals surface area contributed by atoms with Gasteiger partial charge in [-0.1, -0.05) is 213 Å². The Hall–Kier alpha value is -7.04. The highest BCUT2D eigenvalue weighted by Crippen LogP contribution is 2.46. The second-order valence-corrected chi connectivity index (χ2v) is 23.4. The monoisotopic (exact) mass is 959 g/mol. The zero-order valence-corrected chi connectivity index (χ0v) is 43.7. The number of phenols is 1. The van der Waals surface area contributed by atoms with Crippen LogP contribution in [0.25, 0.3) is 83.9 Å². The van der Waals surface area contributed by atoms with Gasteiger partial charge in [0.25, 0.3) is 0 Å². The van der Waals surface area contributed by atoms with Gasteiger partial charge in [-0.05, 0) is 131 Å². The van der Waals surface area contributed by atoms with Crippen LogP contribution in [-0.4, -0.2) is 19.6 Å². The minimum atomic E-state index is -3.81. The van der Waals surface area contributed by atoms with Gasteiger partial charge < -0.3 is 5.11 Å². The molecule has 2 heterocycles. The summed E-state index contributed by atoms with van der Waals surface area (Å²) in [5, 5.41) is 12.8. The number of hydrogen-bond donors (Lipinski definition) is 1. The van der Waals surface area contributed by atoms with Crippen LogP contribution in [0, 0.1) is 0 Å². The number of para-hydroxylation sites is 1. The zero-order valence-electron chi connectivity index (χ0n) is 54.7. The van der Waals surface area contributed by atoms with Gasteiger partial charge in [0.1, 0.15) is 11.6 Å². The molecular formula is C68H73N3O. The molecule has 0 saturated carbocycles. The van der Waals surface area contributed by atoms with E-state index in [4.69, 9.17) is 17.3 Å². The average molecular weight is 959 g/mol. The Morgan fingerprint density at radius 3 is 1.61 bits per heavy atom. The summed E-state index contributed by atoms with van der Waals surface area (Å²) in [7, 11) is 0. The van der Waals surface area contributed by atoms with Gasteiger partial charge in [0.2, 0.25) is 0 Å². The second-order valence-electron chi connectivity index (χ2n) is 23.4. The summed E-state index contributed by atoms with van der Waals surface area (Å²) >= 11 is 0. The largest absolute Gasteiger partial charge is 0.507 e. The molecule has 1 N–H and O–H groups in total. The van der Waals surface area contributed by atoms with Crippen LogP contribution in [0.1, 0.15) is 147 Å². The lowest BCUT2D eigenvalue weighted by atomic mass is 9.79. The summed E-state index contributed by atoms with van der Waals surface area (Å²) in [6, 6.07) is 45.3. The number of imidazole rings is 1. The van der Waals surface area contributed by atoms with E-state index in [0.717, 1.165) is 38.9 Å². The summed E-state index contributed by atoms with van der Waals surface area (Å²) in [5.74, 6) is 0.320. The van der Waals surface area contributed by atoms with Crippen molar-refractivity contribution in [2.24, 2.45) is 0 Å². The Morgan fingerprint density at radius 1 is 0.444 bits per heavy atom. The van der Waals surface area contributed by atoms with Gasteiger partial charge in [-0.2, -0.15) is 0 Å². The van der Waals surface area contributed by atoms with E-state index in [0.29, 0.717) is 33.7 Å². The van der Waals surface area contributed by atoms with E-state index in [1.807, 2.05) is 110 Å². The van der Waals surface area contributed by atoms with E-state index in [-0.39, 0.29) is 44.5 Å². The van der Waals surface area contributed by atoms with Crippen LogP contribution in [0.2, 0.25) is 0 Å². The molecule has 0 radical (unpaired) electrons. The Morgan fingerprint density at radius 2 is 1.03 bits per heavy atom. The number of pyridine rings is 1. The van der Waals surface area contributed by atoms with Crippen molar-refractivity contribution in [2.75, 3.05) is 0 Å². The average Bonchev–Trinajstić information content (AvgIpc) is 1.44. The van der Waals surface area contributed by atoms with Crippen molar-refractivity contribution in [1.82, 2.24) is 14.5 Å². The van der Waals surface area contributed by atoms with Crippen LogP contribution >= 0.6 is 0 Å². The Balaban J connectivity index is 1.44. The number of nitrogens with zero attached hydrogens (tertiary/aromatic N) is 3. The Kier molecular flexibility index (Phi) is 9.54. The second kappa shape index (κ2) is 18.2. The molecule has 2 aromatic heterocycles. The van der Waals surface area contributed by atoms with Crippen molar-refractivity contribution in [3.8, 4) is 78.6 Å². The summed E-state index contributed by atoms with van der Waals surface area (Å²) < 4.78 is 102. The fraction of sp³-hybridized carbons (Fsp3) is 0.294. The first-order chi connectivity index (χ1) is 38.4. The molecule has 0 aliphatic carbocycles. The molecule has 0 aliphatic heterocycles. The molecule has 7 aromatic carbocycles. The van der Waals surface area contributed by atoms with Crippen molar-refractivity contribution in [1.29, 1.82) is 0 Å². The maximum absolute atomic E-state index is 12.8. The Labute approximate surface area is 445 Å². The predicted molar refractivity (Wildman–Crippen MR) is 307 cm³/mol. The van der Waals surface area contributed by atoms with E-state index in [2.05, 4.69) is 97.6 Å². The molecule has 9 rings (SSSR count). The summed E-state index contributed by atoms with van der Waals surface area (Å²) in [4.78, 5) is 10.2. The molecule has 0 unspecified atom stereocenters. The highest BCUT2D eigenvalue weighted by molar-refractivity contribution is 5.98. The van der Waals surface area contributed by atoms with Crippen LogP contribution in [-0.2, 0) is 27.1 Å². The third kappa shape index (κ3) is 9.94. The molecule has 366 valence electrons. The number of hydrogen-bond acceptors (Lipinski definition) is 3. The van der Waals surface area contributed by atoms with E-state index in [1.165, 1.54) is 17.8 Å². The van der Waals surface area contributed by atoms with Gasteiger partial charge in [-0.3, -0.25) is 9.55 Å². The molecule has 0 spiro atoms. The third-order valence-electron chi connectivity index (χ3n) is 13.7. The van der Waals surface area contributed by atoms with Crippen LogP contribution in [0.4, 0.5) is 0 Å². The number of rotatable bonds is 7. The number of benzene rings is 7. The molecule has 0 fully saturated rings. The zero-order chi connectivity index (χ0) is 60.9. The van der Waals surface area contributed by atoms with Gasteiger partial charge >= 0.3 is 0 Å². The topological polar surface area (TPSA) is 50.9 Å². The van der Waals surface area contributed by atoms with Crippen molar-refractivity contribution in [3.63, 3.8) is 0 Å². The number of phenolic OH excluding ortho intramolecular Hbond substituents is 1. The fourth-order valence-corrected chi connectivity index (χ4v) is 9.38. The fourth-order valence-electron chi connectivity index (χ4n) is 9.38. The van der Waals surface area contributed by atoms with Gasteiger partial charge in [0.05, 0.1) is 30.7 Å². The van der Waals surface area contributed by atoms with Crippen LogP contribution < -0.4 is 0 Å². The van der Waals surface area contributed by atoms with Crippen LogP contribution in [0.5, 0.6) is 5.75 Å². The molecule has 0 saturated heterocycles. The molecule has 9 aromatic rings. The van der Waals surface area contributed by atoms with E-state index >= 15 is 0 Å². The predicted octanol–water partition coefficient (Wildman–Crippen LogP) is 18.6. The van der Waals surface area contributed by atoms with Crippen LogP contribution in [0.3, 0.4) is 0 Å². The van der Waals surface area contributed by atoms with Gasteiger partial charge in [-0.15, -0.1) is 0 Å². The number of fused-ring (bicyclic) bond motifs is 1. The highest BCUT2D eigenvalue weighted by Gasteiger charge is 2.30. The van der Waals surface area contributed by atoms with Crippen molar-refractivity contribution < 1.29 is 20.2 Å². The van der Waals surface area contributed by atoms with Gasteiger partial charge in [0, 0.05) is 40.8 Å². The van der Waals surface area contributed by atoms with E-state index in [1.54, 1.807) is 24.3 Å². The first-order valence-corrected chi connectivity index (χ1v) is 24.8. The molecule has 4 heteroatoms. The maximum atomic E-state index is 12.8. The molecule has 0 bridgehead atoms. The lowest BCUT2D eigenvalue weighted by Gasteiger charge is -2.27. The smallest absolute Gasteiger partial charge is 0.149 e. The molecule has 72 heavy (non-hydrogen) atoms. The lowest BCUT2D eigenvalue weighted by Crippen LogP contribution is -2.17. The standard InChI is InChI=1S/C68H73N3O/c1-64(2,3)50-29-24-43(25-30-50)46-28-33-59(55(39-46)45-20-17-16-18-21-45)71-60-23-19-22-54(61(60)70-63(71)56-41-53(67(10,11)12)42-57(62(56)72)68(13,14)15)48-36-49(38-52(37-48)66(7,8)9)58-40-47(34-35-69-58)44-26-31-51(32-27-44)65(4,5)6/h16-42,72H,1-15H3/i7D3,8D3,9D3,37D,38D. The maximum Gasteiger partial charge on any atom is 0.149 e. The van der Waals surface area contributed by atoms with Crippen molar-refractivity contribution >= 4 is 11.0 Å². The van der Waals surface area contributed by atoms with Crippen LogP contribution in [0.15, 0.2) is 164 Å². The first-order valence-electron chi connectivity index (χ1n) is 30.3. The van der Waals surface area contributed by atoms with Gasteiger partial charge in [-0.25, -0.2) is 4.98 Å². The SMILES string of the molecule is [2H]c1c(-c2cc(-c3ccc(C(C)(C)C)cc3)ccn2)cc(-c2cccc3c2nc(-c2cc(C(C)(C)C)cc(C(C)(C)C)c2O)n3-c2ccc(-c3ccc(C(C)(C)C)cc3)cc2-c2ccccc2)c([2H])c1C(C([2H])([2H])[2H])(C([2H])([2H])[2H])C([2H])([2H])[2H]. The summed E-state index contributed by atoms with van der Waals surface area (Å²) in [6.45, 7) is 13.8. The number of aromatic nitrogens is 3. The quantitative estimate of drug-likeness (QED) is 0.173. The molecular weight excluding hydrogens is 875 g/mol.